The van der Waals surface area contributed by atoms with Crippen LogP contribution in [0.5, 0.6) is 0 Å². The van der Waals surface area contributed by atoms with Crippen molar-refractivity contribution in [3.63, 3.8) is 0 Å². The fourth-order valence-corrected chi connectivity index (χ4v) is 3.42. The SMILES string of the molecule is COCCCNS(=O)(=O)c1c(N)cc(Cl)cc1Cl. The van der Waals surface area contributed by atoms with Crippen LogP contribution in [0.15, 0.2) is 17.0 Å². The smallest absolute Gasteiger partial charge is 0.244 e. The zero-order valence-electron chi connectivity index (χ0n) is 9.74. The molecule has 0 spiro atoms. The predicted molar refractivity (Wildman–Crippen MR) is 72.6 cm³/mol. The van der Waals surface area contributed by atoms with Crippen molar-refractivity contribution < 1.29 is 13.2 Å². The van der Waals surface area contributed by atoms with Crippen molar-refractivity contribution in [2.45, 2.75) is 11.3 Å². The van der Waals surface area contributed by atoms with Gasteiger partial charge in [0.05, 0.1) is 10.7 Å². The molecule has 1 rings (SSSR count). The number of ether oxygens (including phenoxy) is 1. The molecule has 0 saturated heterocycles. The molecule has 0 radical (unpaired) electrons. The molecule has 3 N–H and O–H groups in total. The molecular weight excluding hydrogens is 299 g/mol. The summed E-state index contributed by atoms with van der Waals surface area (Å²) in [6, 6.07) is 2.68. The van der Waals surface area contributed by atoms with E-state index in [1.807, 2.05) is 0 Å². The van der Waals surface area contributed by atoms with E-state index in [2.05, 4.69) is 4.72 Å². The second kappa shape index (κ2) is 6.58. The van der Waals surface area contributed by atoms with Gasteiger partial charge in [-0.15, -0.1) is 0 Å². The van der Waals surface area contributed by atoms with Crippen molar-refractivity contribution in [3.8, 4) is 0 Å². The molecule has 0 saturated carbocycles. The molecule has 102 valence electrons. The van der Waals surface area contributed by atoms with Gasteiger partial charge in [-0.1, -0.05) is 23.2 Å². The van der Waals surface area contributed by atoms with Crippen LogP contribution in [0.4, 0.5) is 5.69 Å². The average molecular weight is 313 g/mol. The van der Waals surface area contributed by atoms with Gasteiger partial charge in [0.25, 0.3) is 0 Å². The number of rotatable bonds is 6. The third kappa shape index (κ3) is 4.00. The maximum Gasteiger partial charge on any atom is 0.244 e. The quantitative estimate of drug-likeness (QED) is 0.621. The molecule has 0 amide bonds. The maximum atomic E-state index is 12.0. The predicted octanol–water partition coefficient (Wildman–Crippen LogP) is 1.89. The van der Waals surface area contributed by atoms with E-state index in [9.17, 15) is 8.42 Å². The molecule has 0 atom stereocenters. The summed E-state index contributed by atoms with van der Waals surface area (Å²) in [6.45, 7) is 0.709. The number of hydrogen-bond donors (Lipinski definition) is 2. The van der Waals surface area contributed by atoms with Gasteiger partial charge in [-0.2, -0.15) is 0 Å². The molecule has 0 fully saturated rings. The first kappa shape index (κ1) is 15.5. The fourth-order valence-electron chi connectivity index (χ4n) is 1.36. The molecular formula is C10H14Cl2N2O3S. The van der Waals surface area contributed by atoms with Crippen molar-refractivity contribution in [2.75, 3.05) is 26.0 Å². The number of halogens is 2. The molecule has 0 aromatic heterocycles. The van der Waals surface area contributed by atoms with Crippen LogP contribution in [0.1, 0.15) is 6.42 Å². The van der Waals surface area contributed by atoms with Gasteiger partial charge in [0, 0.05) is 25.3 Å². The summed E-state index contributed by atoms with van der Waals surface area (Å²) in [4.78, 5) is -0.147. The third-order valence-electron chi connectivity index (χ3n) is 2.12. The molecule has 1 aromatic carbocycles. The molecule has 5 nitrogen and oxygen atoms in total. The van der Waals surface area contributed by atoms with Crippen LogP contribution in [0, 0.1) is 0 Å². The standard InChI is InChI=1S/C10H14Cl2N2O3S/c1-17-4-2-3-14-18(15,16)10-8(12)5-7(11)6-9(10)13/h5-6,14H,2-4,13H2,1H3. The van der Waals surface area contributed by atoms with Crippen molar-refractivity contribution >= 4 is 38.9 Å². The zero-order valence-corrected chi connectivity index (χ0v) is 12.1. The van der Waals surface area contributed by atoms with Gasteiger partial charge < -0.3 is 10.5 Å². The van der Waals surface area contributed by atoms with Crippen LogP contribution in [0.25, 0.3) is 0 Å². The monoisotopic (exact) mass is 312 g/mol. The molecule has 18 heavy (non-hydrogen) atoms. The lowest BCUT2D eigenvalue weighted by Gasteiger charge is -2.11. The maximum absolute atomic E-state index is 12.0. The Labute approximate surface area is 116 Å². The summed E-state index contributed by atoms with van der Waals surface area (Å²) in [5, 5.41) is 0.287. The molecule has 1 aromatic rings. The Bertz CT molecular complexity index is 497. The van der Waals surface area contributed by atoms with Crippen LogP contribution in [-0.4, -0.2) is 28.7 Å². The van der Waals surface area contributed by atoms with Crippen LogP contribution in [0.3, 0.4) is 0 Å². The van der Waals surface area contributed by atoms with E-state index < -0.39 is 10.0 Å². The lowest BCUT2D eigenvalue weighted by atomic mass is 10.3. The first-order valence-corrected chi connectivity index (χ1v) is 7.35. The first-order chi connectivity index (χ1) is 8.38. The molecule has 0 unspecified atom stereocenters. The van der Waals surface area contributed by atoms with E-state index in [-0.39, 0.29) is 27.2 Å². The highest BCUT2D eigenvalue weighted by Crippen LogP contribution is 2.30. The largest absolute Gasteiger partial charge is 0.398 e. The third-order valence-corrected chi connectivity index (χ3v) is 4.33. The van der Waals surface area contributed by atoms with Crippen LogP contribution >= 0.6 is 23.2 Å². The van der Waals surface area contributed by atoms with Crippen LogP contribution in [-0.2, 0) is 14.8 Å². The minimum Gasteiger partial charge on any atom is -0.398 e. The molecule has 0 bridgehead atoms. The molecule has 8 heteroatoms. The second-order valence-electron chi connectivity index (χ2n) is 3.55. The number of methoxy groups -OCH3 is 1. The average Bonchev–Trinajstić information content (AvgIpc) is 2.22. The summed E-state index contributed by atoms with van der Waals surface area (Å²) in [5.74, 6) is 0. The highest BCUT2D eigenvalue weighted by molar-refractivity contribution is 7.89. The van der Waals surface area contributed by atoms with Gasteiger partial charge in [-0.05, 0) is 18.6 Å². The second-order valence-corrected chi connectivity index (χ2v) is 6.10. The van der Waals surface area contributed by atoms with E-state index in [0.29, 0.717) is 13.0 Å². The van der Waals surface area contributed by atoms with E-state index in [1.165, 1.54) is 12.1 Å². The van der Waals surface area contributed by atoms with Gasteiger partial charge in [-0.25, -0.2) is 13.1 Å². The zero-order chi connectivity index (χ0) is 13.8. The van der Waals surface area contributed by atoms with Crippen molar-refractivity contribution in [2.24, 2.45) is 0 Å². The molecule has 0 aliphatic heterocycles. The molecule has 0 heterocycles. The minimum absolute atomic E-state index is 0.000702. The van der Waals surface area contributed by atoms with Gasteiger partial charge in [0.15, 0.2) is 0 Å². The Morgan fingerprint density at radius 2 is 2.06 bits per heavy atom. The van der Waals surface area contributed by atoms with Crippen molar-refractivity contribution in [1.82, 2.24) is 4.72 Å². The highest BCUT2D eigenvalue weighted by atomic mass is 35.5. The van der Waals surface area contributed by atoms with E-state index >= 15 is 0 Å². The topological polar surface area (TPSA) is 81.4 Å². The number of sulfonamides is 1. The Morgan fingerprint density at radius 1 is 1.39 bits per heavy atom. The lowest BCUT2D eigenvalue weighted by Crippen LogP contribution is -2.26. The van der Waals surface area contributed by atoms with Crippen molar-refractivity contribution in [1.29, 1.82) is 0 Å². The van der Waals surface area contributed by atoms with Gasteiger partial charge >= 0.3 is 0 Å². The normalized spacial score (nSPS) is 11.7. The van der Waals surface area contributed by atoms with E-state index in [0.717, 1.165) is 0 Å². The fraction of sp³-hybridized carbons (Fsp3) is 0.400. The Kier molecular flexibility index (Phi) is 5.68. The van der Waals surface area contributed by atoms with Gasteiger partial charge in [-0.3, -0.25) is 0 Å². The highest BCUT2D eigenvalue weighted by Gasteiger charge is 2.21. The summed E-state index contributed by atoms with van der Waals surface area (Å²) >= 11 is 11.6. The van der Waals surface area contributed by atoms with Crippen molar-refractivity contribution in [3.05, 3.63) is 22.2 Å². The summed E-state index contributed by atoms with van der Waals surface area (Å²) in [5.41, 5.74) is 5.65. The minimum atomic E-state index is -3.74. The van der Waals surface area contributed by atoms with E-state index in [4.69, 9.17) is 33.7 Å². The first-order valence-electron chi connectivity index (χ1n) is 5.11. The summed E-state index contributed by atoms with van der Waals surface area (Å²) < 4.78 is 31.2. The Balaban J connectivity index is 2.92. The summed E-state index contributed by atoms with van der Waals surface area (Å²) in [7, 11) is -2.20. The van der Waals surface area contributed by atoms with Gasteiger partial charge in [0.1, 0.15) is 4.90 Å². The van der Waals surface area contributed by atoms with E-state index in [1.54, 1.807) is 7.11 Å². The number of anilines is 1. The number of nitrogens with one attached hydrogen (secondary N) is 1. The molecule has 0 aliphatic carbocycles. The molecule has 0 aliphatic rings. The summed E-state index contributed by atoms with van der Waals surface area (Å²) in [6.07, 6.45) is 0.556. The number of benzene rings is 1. The number of nitrogen functional groups attached to an aromatic ring is 1. The Morgan fingerprint density at radius 3 is 2.61 bits per heavy atom. The Hall–Kier alpha value is -0.530. The van der Waals surface area contributed by atoms with Gasteiger partial charge in [0.2, 0.25) is 10.0 Å². The lowest BCUT2D eigenvalue weighted by molar-refractivity contribution is 0.196. The van der Waals surface area contributed by atoms with Crippen LogP contribution < -0.4 is 10.5 Å². The van der Waals surface area contributed by atoms with Crippen LogP contribution in [0.2, 0.25) is 10.0 Å². The number of hydrogen-bond acceptors (Lipinski definition) is 4. The number of nitrogens with two attached hydrogens (primary N) is 1.